The van der Waals surface area contributed by atoms with Gasteiger partial charge in [-0.2, -0.15) is 0 Å². The lowest BCUT2D eigenvalue weighted by molar-refractivity contribution is -0.137. The van der Waals surface area contributed by atoms with Gasteiger partial charge in [0.05, 0.1) is 47.2 Å². The first kappa shape index (κ1) is 26.3. The molecule has 0 fully saturated rings. The molecule has 0 aliphatic carbocycles. The Bertz CT molecular complexity index is 1070. The van der Waals surface area contributed by atoms with Crippen molar-refractivity contribution in [2.45, 2.75) is 13.8 Å². The molecule has 0 N–H and O–H groups in total. The summed E-state index contributed by atoms with van der Waals surface area (Å²) < 4.78 is 32.0. The molecule has 2 aromatic rings. The minimum Gasteiger partial charge on any atom is -0.493 e. The minimum absolute atomic E-state index is 0.185. The van der Waals surface area contributed by atoms with E-state index in [-0.39, 0.29) is 18.8 Å². The molecule has 34 heavy (non-hydrogen) atoms. The fraction of sp³-hybridized carbons (Fsp3) is 0.308. The number of benzene rings is 2. The molecule has 0 atom stereocenters. The van der Waals surface area contributed by atoms with Crippen LogP contribution in [0.3, 0.4) is 0 Å². The number of carbonyl (C=O) groups is 2. The summed E-state index contributed by atoms with van der Waals surface area (Å²) in [5.41, 5.74) is 1.94. The molecule has 182 valence electrons. The van der Waals surface area contributed by atoms with E-state index in [1.54, 1.807) is 63.4 Å². The van der Waals surface area contributed by atoms with Gasteiger partial charge in [0.2, 0.25) is 0 Å². The molecule has 2 rings (SSSR count). The van der Waals surface area contributed by atoms with Gasteiger partial charge in [0.25, 0.3) is 0 Å². The van der Waals surface area contributed by atoms with Gasteiger partial charge in [0, 0.05) is 11.6 Å². The molecule has 0 saturated heterocycles. The normalized spacial score (nSPS) is 11.2. The zero-order valence-corrected chi connectivity index (χ0v) is 20.3. The monoisotopic (exact) mass is 470 g/mol. The van der Waals surface area contributed by atoms with Gasteiger partial charge in [-0.15, -0.1) is 0 Å². The first-order chi connectivity index (χ1) is 16.4. The molecule has 8 heteroatoms. The Labute approximate surface area is 199 Å². The molecule has 0 bridgehead atoms. The molecule has 0 heterocycles. The van der Waals surface area contributed by atoms with E-state index >= 15 is 0 Å². The molecule has 0 aliphatic rings. The van der Waals surface area contributed by atoms with Gasteiger partial charge in [0.15, 0.2) is 23.0 Å². The lowest BCUT2D eigenvalue weighted by atomic mass is 9.98. The van der Waals surface area contributed by atoms with E-state index in [2.05, 4.69) is 0 Å². The van der Waals surface area contributed by atoms with Crippen LogP contribution in [0.5, 0.6) is 23.0 Å². The molecule has 0 unspecified atom stereocenters. The van der Waals surface area contributed by atoms with Crippen LogP contribution in [0.1, 0.15) is 30.5 Å². The molecule has 8 nitrogen and oxygen atoms in total. The van der Waals surface area contributed by atoms with Gasteiger partial charge in [0.1, 0.15) is 0 Å². The Morgan fingerprint density at radius 3 is 2.00 bits per heavy atom. The maximum atomic E-state index is 13.0. The first-order valence-electron chi connectivity index (χ1n) is 10.6. The molecule has 0 spiro atoms. The third kappa shape index (κ3) is 6.54. The van der Waals surface area contributed by atoms with Gasteiger partial charge in [-0.1, -0.05) is 6.07 Å². The minimum atomic E-state index is -0.552. The summed E-state index contributed by atoms with van der Waals surface area (Å²) in [6.07, 6.45) is 4.54. The fourth-order valence-corrected chi connectivity index (χ4v) is 3.20. The average Bonchev–Trinajstić information content (AvgIpc) is 2.85. The molecule has 0 aromatic heterocycles. The van der Waals surface area contributed by atoms with Gasteiger partial charge in [-0.3, -0.25) is 0 Å². The number of hydrogen-bond donors (Lipinski definition) is 0. The van der Waals surface area contributed by atoms with E-state index in [1.165, 1.54) is 27.4 Å². The fourth-order valence-electron chi connectivity index (χ4n) is 3.20. The molecule has 0 amide bonds. The summed E-state index contributed by atoms with van der Waals surface area (Å²) >= 11 is 0. The van der Waals surface area contributed by atoms with E-state index in [4.69, 9.17) is 28.4 Å². The zero-order chi connectivity index (χ0) is 25.1. The van der Waals surface area contributed by atoms with Gasteiger partial charge >= 0.3 is 11.9 Å². The molecule has 2 aromatic carbocycles. The summed E-state index contributed by atoms with van der Waals surface area (Å²) in [5.74, 6) is 0.758. The number of methoxy groups -OCH3 is 4. The van der Waals surface area contributed by atoms with Crippen LogP contribution < -0.4 is 18.9 Å². The Balaban J connectivity index is 2.72. The Morgan fingerprint density at radius 2 is 1.41 bits per heavy atom. The molecule has 0 saturated carbocycles. The number of rotatable bonds is 11. The second-order valence-corrected chi connectivity index (χ2v) is 6.78. The van der Waals surface area contributed by atoms with Crippen LogP contribution in [0.15, 0.2) is 36.4 Å². The summed E-state index contributed by atoms with van der Waals surface area (Å²) in [4.78, 5) is 24.8. The number of ether oxygens (including phenoxy) is 6. The smallest absolute Gasteiger partial charge is 0.338 e. The lowest BCUT2D eigenvalue weighted by Gasteiger charge is -2.16. The van der Waals surface area contributed by atoms with E-state index in [1.807, 2.05) is 0 Å². The topological polar surface area (TPSA) is 89.5 Å². The third-order valence-corrected chi connectivity index (χ3v) is 4.70. The maximum absolute atomic E-state index is 13.0. The Hall–Kier alpha value is -3.94. The average molecular weight is 471 g/mol. The SMILES string of the molecule is CCOC(=O)/C=C/c1cc(OC)c(OC)c(/C(=C/c2ccc(OC)c(OC)c2)C(=O)OCC)c1. The second kappa shape index (κ2) is 12.9. The number of hydrogen-bond acceptors (Lipinski definition) is 8. The lowest BCUT2D eigenvalue weighted by Crippen LogP contribution is -2.09. The largest absolute Gasteiger partial charge is 0.493 e. The predicted molar refractivity (Wildman–Crippen MR) is 129 cm³/mol. The molecule has 0 radical (unpaired) electrons. The highest BCUT2D eigenvalue weighted by Gasteiger charge is 2.22. The van der Waals surface area contributed by atoms with E-state index in [0.717, 1.165) is 0 Å². The highest BCUT2D eigenvalue weighted by atomic mass is 16.5. The highest BCUT2D eigenvalue weighted by molar-refractivity contribution is 6.22. The first-order valence-corrected chi connectivity index (χ1v) is 10.6. The van der Waals surface area contributed by atoms with Crippen LogP contribution in [-0.2, 0) is 19.1 Å². The van der Waals surface area contributed by atoms with Crippen LogP contribution in [0.4, 0.5) is 0 Å². The molecule has 0 aliphatic heterocycles. The number of carbonyl (C=O) groups excluding carboxylic acids is 2. The van der Waals surface area contributed by atoms with Crippen molar-refractivity contribution in [1.82, 2.24) is 0 Å². The Morgan fingerprint density at radius 1 is 0.765 bits per heavy atom. The van der Waals surface area contributed by atoms with Gasteiger partial charge in [-0.25, -0.2) is 9.59 Å². The van der Waals surface area contributed by atoms with Crippen molar-refractivity contribution < 1.29 is 38.0 Å². The van der Waals surface area contributed by atoms with E-state index in [9.17, 15) is 9.59 Å². The van der Waals surface area contributed by atoms with Crippen molar-refractivity contribution in [3.8, 4) is 23.0 Å². The van der Waals surface area contributed by atoms with Crippen molar-refractivity contribution >= 4 is 29.7 Å². The highest BCUT2D eigenvalue weighted by Crippen LogP contribution is 2.39. The van der Waals surface area contributed by atoms with Crippen molar-refractivity contribution in [2.24, 2.45) is 0 Å². The summed E-state index contributed by atoms with van der Waals surface area (Å²) in [6, 6.07) is 8.67. The van der Waals surface area contributed by atoms with Crippen molar-refractivity contribution in [3.63, 3.8) is 0 Å². The molecular formula is C26H30O8. The second-order valence-electron chi connectivity index (χ2n) is 6.78. The standard InChI is InChI=1S/C26H30O8/c1-7-33-24(27)12-10-18-13-19(25(32-6)23(16-18)31-5)20(26(28)34-8-2)14-17-9-11-21(29-3)22(15-17)30-4/h9-16H,7-8H2,1-6H3/b12-10+,20-14-. The molecular weight excluding hydrogens is 440 g/mol. The van der Waals surface area contributed by atoms with Gasteiger partial charge < -0.3 is 28.4 Å². The third-order valence-electron chi connectivity index (χ3n) is 4.70. The van der Waals surface area contributed by atoms with Crippen molar-refractivity contribution in [3.05, 3.63) is 53.1 Å². The number of esters is 2. The van der Waals surface area contributed by atoms with Crippen LogP contribution in [0, 0.1) is 0 Å². The van der Waals surface area contributed by atoms with Crippen LogP contribution >= 0.6 is 0 Å². The van der Waals surface area contributed by atoms with Crippen LogP contribution in [-0.4, -0.2) is 53.6 Å². The van der Waals surface area contributed by atoms with E-state index < -0.39 is 11.9 Å². The van der Waals surface area contributed by atoms with Crippen molar-refractivity contribution in [1.29, 1.82) is 0 Å². The van der Waals surface area contributed by atoms with Crippen LogP contribution in [0.2, 0.25) is 0 Å². The summed E-state index contributed by atoms with van der Waals surface area (Å²) in [7, 11) is 6.05. The van der Waals surface area contributed by atoms with Crippen LogP contribution in [0.25, 0.3) is 17.7 Å². The zero-order valence-electron chi connectivity index (χ0n) is 20.3. The maximum Gasteiger partial charge on any atom is 0.338 e. The van der Waals surface area contributed by atoms with E-state index in [0.29, 0.717) is 39.7 Å². The van der Waals surface area contributed by atoms with Gasteiger partial charge in [-0.05, 0) is 61.4 Å². The Kier molecular flexibility index (Phi) is 10.0. The summed E-state index contributed by atoms with van der Waals surface area (Å²) in [6.45, 7) is 3.90. The quantitative estimate of drug-likeness (QED) is 0.271. The predicted octanol–water partition coefficient (Wildman–Crippen LogP) is 4.40. The summed E-state index contributed by atoms with van der Waals surface area (Å²) in [5, 5.41) is 0. The van der Waals surface area contributed by atoms with Crippen molar-refractivity contribution in [2.75, 3.05) is 41.7 Å².